The van der Waals surface area contributed by atoms with Crippen molar-refractivity contribution in [2.45, 2.75) is 25.7 Å². The summed E-state index contributed by atoms with van der Waals surface area (Å²) < 4.78 is 45.8. The van der Waals surface area contributed by atoms with Gasteiger partial charge in [0, 0.05) is 38.3 Å². The van der Waals surface area contributed by atoms with E-state index in [-0.39, 0.29) is 11.2 Å². The minimum absolute atomic E-state index is 0.262. The van der Waals surface area contributed by atoms with E-state index >= 15 is 0 Å². The summed E-state index contributed by atoms with van der Waals surface area (Å²) in [7, 11) is 0. The number of ether oxygens (including phenoxy) is 2. The van der Waals surface area contributed by atoms with Crippen LogP contribution >= 0.6 is 0 Å². The second-order valence-electron chi connectivity index (χ2n) is 6.73. The smallest absolute Gasteiger partial charge is 0.481 e. The monoisotopic (exact) mass is 359 g/mol. The molecule has 0 radical (unpaired) electrons. The van der Waals surface area contributed by atoms with Crippen LogP contribution in [0.3, 0.4) is 0 Å². The zero-order valence-corrected chi connectivity index (χ0v) is 13.6. The Morgan fingerprint density at radius 2 is 1.92 bits per heavy atom. The molecule has 5 nitrogen and oxygen atoms in total. The highest BCUT2D eigenvalue weighted by Gasteiger charge is 2.50. The van der Waals surface area contributed by atoms with E-state index < -0.39 is 18.2 Å². The Labute approximate surface area is 143 Å². The number of aliphatic carboxylic acids is 1. The second kappa shape index (κ2) is 6.84. The predicted molar refractivity (Wildman–Crippen MR) is 82.0 cm³/mol. The third-order valence-corrected chi connectivity index (χ3v) is 5.07. The fourth-order valence-corrected chi connectivity index (χ4v) is 3.87. The standard InChI is InChI=1S/C17H20F3NO4/c18-17(19,20)25-13-3-1-12(2-4-13)9-21-10-14(15(22)23)16(11-21)5-7-24-8-6-16/h1-4,14H,5-11H2,(H,22,23). The summed E-state index contributed by atoms with van der Waals surface area (Å²) in [4.78, 5) is 13.7. The Kier molecular flexibility index (Phi) is 4.92. The van der Waals surface area contributed by atoms with Crippen molar-refractivity contribution < 1.29 is 32.5 Å². The second-order valence-corrected chi connectivity index (χ2v) is 6.73. The number of carboxylic acids is 1. The Morgan fingerprint density at radius 1 is 1.28 bits per heavy atom. The van der Waals surface area contributed by atoms with Crippen molar-refractivity contribution in [2.24, 2.45) is 11.3 Å². The molecule has 2 aliphatic heterocycles. The summed E-state index contributed by atoms with van der Waals surface area (Å²) in [5, 5.41) is 9.57. The van der Waals surface area contributed by atoms with Gasteiger partial charge in [0.05, 0.1) is 5.92 Å². The van der Waals surface area contributed by atoms with Gasteiger partial charge in [0.2, 0.25) is 0 Å². The summed E-state index contributed by atoms with van der Waals surface area (Å²) in [6.45, 7) is 2.74. The minimum Gasteiger partial charge on any atom is -0.481 e. The van der Waals surface area contributed by atoms with Crippen LogP contribution < -0.4 is 4.74 Å². The van der Waals surface area contributed by atoms with Crippen LogP contribution in [0, 0.1) is 11.3 Å². The molecule has 1 spiro atoms. The number of nitrogens with zero attached hydrogens (tertiary/aromatic N) is 1. The number of likely N-dealkylation sites (tertiary alicyclic amines) is 1. The molecule has 1 unspecified atom stereocenters. The number of carbonyl (C=O) groups is 1. The minimum atomic E-state index is -4.71. The largest absolute Gasteiger partial charge is 0.573 e. The van der Waals surface area contributed by atoms with E-state index in [1.165, 1.54) is 12.1 Å². The van der Waals surface area contributed by atoms with E-state index in [1.807, 2.05) is 0 Å². The fraction of sp³-hybridized carbons (Fsp3) is 0.588. The molecule has 138 valence electrons. The van der Waals surface area contributed by atoms with Crippen LogP contribution in [0.25, 0.3) is 0 Å². The van der Waals surface area contributed by atoms with Crippen LogP contribution in [-0.2, 0) is 16.1 Å². The van der Waals surface area contributed by atoms with Crippen LogP contribution in [-0.4, -0.2) is 48.6 Å². The molecule has 1 aromatic rings. The van der Waals surface area contributed by atoms with Crippen molar-refractivity contribution in [3.8, 4) is 5.75 Å². The van der Waals surface area contributed by atoms with E-state index in [1.54, 1.807) is 12.1 Å². The molecule has 1 atom stereocenters. The number of hydrogen-bond acceptors (Lipinski definition) is 4. The van der Waals surface area contributed by atoms with Gasteiger partial charge in [-0.25, -0.2) is 0 Å². The Balaban J connectivity index is 1.66. The van der Waals surface area contributed by atoms with Crippen LogP contribution in [0.15, 0.2) is 24.3 Å². The van der Waals surface area contributed by atoms with Crippen LogP contribution in [0.4, 0.5) is 13.2 Å². The lowest BCUT2D eigenvalue weighted by atomic mass is 9.72. The Hall–Kier alpha value is -1.80. The molecule has 0 bridgehead atoms. The molecule has 0 aliphatic carbocycles. The molecular formula is C17H20F3NO4. The summed E-state index contributed by atoms with van der Waals surface area (Å²) in [5.41, 5.74) is 0.548. The van der Waals surface area contributed by atoms with Crippen molar-refractivity contribution in [2.75, 3.05) is 26.3 Å². The molecule has 3 rings (SSSR count). The van der Waals surface area contributed by atoms with Crippen molar-refractivity contribution in [1.82, 2.24) is 4.90 Å². The van der Waals surface area contributed by atoms with Gasteiger partial charge >= 0.3 is 12.3 Å². The molecule has 2 heterocycles. The molecule has 8 heteroatoms. The van der Waals surface area contributed by atoms with Gasteiger partial charge in [0.1, 0.15) is 5.75 Å². The quantitative estimate of drug-likeness (QED) is 0.896. The summed E-state index contributed by atoms with van der Waals surface area (Å²) in [6.07, 6.45) is -3.27. The number of rotatable bonds is 4. The van der Waals surface area contributed by atoms with Crippen molar-refractivity contribution >= 4 is 5.97 Å². The third kappa shape index (κ3) is 4.24. The van der Waals surface area contributed by atoms with Gasteiger partial charge in [-0.1, -0.05) is 12.1 Å². The lowest BCUT2D eigenvalue weighted by molar-refractivity contribution is -0.274. The SMILES string of the molecule is O=C(O)C1CN(Cc2ccc(OC(F)(F)F)cc2)CC12CCOCC2. The molecule has 0 amide bonds. The van der Waals surface area contributed by atoms with Gasteiger partial charge in [-0.05, 0) is 30.5 Å². The fourth-order valence-electron chi connectivity index (χ4n) is 3.87. The van der Waals surface area contributed by atoms with E-state index in [2.05, 4.69) is 9.64 Å². The average molecular weight is 359 g/mol. The molecule has 25 heavy (non-hydrogen) atoms. The molecule has 2 aliphatic rings. The van der Waals surface area contributed by atoms with E-state index in [0.29, 0.717) is 32.8 Å². The molecule has 1 aromatic carbocycles. The van der Waals surface area contributed by atoms with Crippen LogP contribution in [0.2, 0.25) is 0 Å². The number of benzene rings is 1. The molecular weight excluding hydrogens is 339 g/mol. The third-order valence-electron chi connectivity index (χ3n) is 5.07. The van der Waals surface area contributed by atoms with Gasteiger partial charge in [-0.3, -0.25) is 9.69 Å². The van der Waals surface area contributed by atoms with Crippen LogP contribution in [0.5, 0.6) is 5.75 Å². The van der Waals surface area contributed by atoms with Gasteiger partial charge in [-0.2, -0.15) is 0 Å². The Bertz CT molecular complexity index is 611. The lowest BCUT2D eigenvalue weighted by Gasteiger charge is -2.36. The molecule has 1 N–H and O–H groups in total. The highest BCUT2D eigenvalue weighted by Crippen LogP contribution is 2.44. The van der Waals surface area contributed by atoms with Crippen molar-refractivity contribution in [1.29, 1.82) is 0 Å². The zero-order valence-electron chi connectivity index (χ0n) is 13.6. The lowest BCUT2D eigenvalue weighted by Crippen LogP contribution is -2.40. The average Bonchev–Trinajstić information content (AvgIpc) is 2.86. The first-order chi connectivity index (χ1) is 11.8. The maximum absolute atomic E-state index is 12.2. The topological polar surface area (TPSA) is 59.0 Å². The number of halogens is 3. The molecule has 0 saturated carbocycles. The molecule has 2 fully saturated rings. The predicted octanol–water partition coefficient (Wildman–Crippen LogP) is 2.90. The van der Waals surface area contributed by atoms with Crippen molar-refractivity contribution in [3.05, 3.63) is 29.8 Å². The summed E-state index contributed by atoms with van der Waals surface area (Å²) in [5.74, 6) is -1.50. The highest BCUT2D eigenvalue weighted by atomic mass is 19.4. The molecule has 2 saturated heterocycles. The first-order valence-electron chi connectivity index (χ1n) is 8.15. The highest BCUT2D eigenvalue weighted by molar-refractivity contribution is 5.72. The van der Waals surface area contributed by atoms with Crippen molar-refractivity contribution in [3.63, 3.8) is 0 Å². The van der Waals surface area contributed by atoms with Gasteiger partial charge in [0.25, 0.3) is 0 Å². The Morgan fingerprint density at radius 3 is 2.48 bits per heavy atom. The number of carboxylic acid groups (broad SMARTS) is 1. The van der Waals surface area contributed by atoms with Gasteiger partial charge < -0.3 is 14.6 Å². The molecule has 0 aromatic heterocycles. The summed E-state index contributed by atoms with van der Waals surface area (Å²) >= 11 is 0. The van der Waals surface area contributed by atoms with E-state index in [9.17, 15) is 23.1 Å². The van der Waals surface area contributed by atoms with Gasteiger partial charge in [0.15, 0.2) is 0 Å². The van der Waals surface area contributed by atoms with Gasteiger partial charge in [-0.15, -0.1) is 13.2 Å². The normalized spacial score (nSPS) is 23.7. The number of alkyl halides is 3. The maximum Gasteiger partial charge on any atom is 0.573 e. The summed E-state index contributed by atoms with van der Waals surface area (Å²) in [6, 6.07) is 5.70. The first-order valence-corrected chi connectivity index (χ1v) is 8.15. The first kappa shape index (κ1) is 18.0. The van der Waals surface area contributed by atoms with E-state index in [0.717, 1.165) is 18.4 Å². The van der Waals surface area contributed by atoms with E-state index in [4.69, 9.17) is 4.74 Å². The number of hydrogen-bond donors (Lipinski definition) is 1. The maximum atomic E-state index is 12.2. The zero-order chi connectivity index (χ0) is 18.1. The van der Waals surface area contributed by atoms with Crippen LogP contribution in [0.1, 0.15) is 18.4 Å².